The van der Waals surface area contributed by atoms with E-state index < -0.39 is 7.49 Å². The number of benzene rings is 3. The zero-order valence-corrected chi connectivity index (χ0v) is 20.2. The Bertz CT molecular complexity index is 1210. The van der Waals surface area contributed by atoms with Gasteiger partial charge in [0.25, 0.3) is 0 Å². The molecule has 34 heavy (non-hydrogen) atoms. The molecular weight excluding hydrogens is 431 g/mol. The fourth-order valence-electron chi connectivity index (χ4n) is 12.4. The number of hydrogen-bond donors (Lipinski definition) is 0. The van der Waals surface area contributed by atoms with E-state index in [-0.39, 0.29) is 5.60 Å². The Morgan fingerprint density at radius 2 is 1.00 bits per heavy atom. The monoisotopic (exact) mass is 461 g/mol. The van der Waals surface area contributed by atoms with Crippen LogP contribution in [0.3, 0.4) is 0 Å². The molecule has 8 aliphatic carbocycles. The molecule has 0 unspecified atom stereocenters. The summed E-state index contributed by atoms with van der Waals surface area (Å²) in [7, 11) is -2.25. The maximum atomic E-state index is 8.26. The van der Waals surface area contributed by atoms with Crippen molar-refractivity contribution in [3.05, 3.63) is 91.0 Å². The third kappa shape index (κ3) is 1.65. The Morgan fingerprint density at radius 1 is 0.529 bits per heavy atom. The highest BCUT2D eigenvalue weighted by Crippen LogP contribution is 2.95. The van der Waals surface area contributed by atoms with Crippen LogP contribution in [0.1, 0.15) is 12.8 Å². The smallest absolute Gasteiger partial charge is 0.214 e. The molecule has 0 saturated heterocycles. The van der Waals surface area contributed by atoms with Gasteiger partial charge in [-0.25, -0.2) is 4.52 Å². The van der Waals surface area contributed by atoms with Gasteiger partial charge in [-0.2, -0.15) is 0 Å². The molecule has 168 valence electrons. The Balaban J connectivity index is 1.26. The summed E-state index contributed by atoms with van der Waals surface area (Å²) < 4.78 is 8.26. The van der Waals surface area contributed by atoms with Gasteiger partial charge in [-0.15, -0.1) is 0 Å². The highest BCUT2D eigenvalue weighted by atomic mass is 31.2. The molecule has 0 N–H and O–H groups in total. The van der Waals surface area contributed by atoms with E-state index in [4.69, 9.17) is 4.52 Å². The van der Waals surface area contributed by atoms with E-state index in [1.807, 2.05) is 0 Å². The second-order valence-electron chi connectivity index (χ2n) is 12.6. The van der Waals surface area contributed by atoms with Gasteiger partial charge >= 0.3 is 0 Å². The van der Waals surface area contributed by atoms with Gasteiger partial charge in [-0.3, -0.25) is 0 Å². The summed E-state index contributed by atoms with van der Waals surface area (Å²) in [6, 6.07) is 34.1. The SMILES string of the molecule is c1ccc([P+](O[C@]23[C@H]4[C@H]5C[C@@H]2[C@@H]2[C@H]5[C@H]5[C@H]6C[C@H]([C@H]54)[C@H]3[C@@H]62)(c2ccccc2)c2ccccc2)cc1. The molecule has 0 spiro atoms. The molecule has 4 bridgehead atoms. The van der Waals surface area contributed by atoms with Gasteiger partial charge in [-0.05, 0) is 114 Å². The van der Waals surface area contributed by atoms with Crippen molar-refractivity contribution >= 4 is 23.4 Å². The van der Waals surface area contributed by atoms with E-state index in [9.17, 15) is 0 Å². The van der Waals surface area contributed by atoms with Crippen LogP contribution in [-0.2, 0) is 4.52 Å². The zero-order valence-electron chi connectivity index (χ0n) is 19.3. The van der Waals surface area contributed by atoms with Crippen molar-refractivity contribution in [2.75, 3.05) is 0 Å². The van der Waals surface area contributed by atoms with E-state index in [0.29, 0.717) is 0 Å². The van der Waals surface area contributed by atoms with Crippen molar-refractivity contribution in [1.29, 1.82) is 0 Å². The zero-order chi connectivity index (χ0) is 21.8. The predicted molar refractivity (Wildman–Crippen MR) is 137 cm³/mol. The van der Waals surface area contributed by atoms with Crippen molar-refractivity contribution in [2.24, 2.45) is 65.1 Å². The van der Waals surface area contributed by atoms with E-state index in [0.717, 1.165) is 65.1 Å². The Hall–Kier alpha value is -1.95. The number of hydrogen-bond acceptors (Lipinski definition) is 1. The molecule has 1 nitrogen and oxygen atoms in total. The summed E-state index contributed by atoms with van der Waals surface area (Å²) in [6.07, 6.45) is 3.03. The van der Waals surface area contributed by atoms with Crippen LogP contribution in [0, 0.1) is 65.1 Å². The molecule has 0 amide bonds. The van der Waals surface area contributed by atoms with Gasteiger partial charge in [-0.1, -0.05) is 54.6 Å². The third-order valence-electron chi connectivity index (χ3n) is 12.3. The lowest BCUT2D eigenvalue weighted by atomic mass is 9.76. The fraction of sp³-hybridized carbons (Fsp3) is 0.438. The lowest BCUT2D eigenvalue weighted by molar-refractivity contribution is -0.0200. The molecule has 11 rings (SSSR count). The maximum Gasteiger partial charge on any atom is 0.243 e. The minimum Gasteiger partial charge on any atom is -0.214 e. The average Bonchev–Trinajstić information content (AvgIpc) is 3.70. The maximum absolute atomic E-state index is 8.26. The van der Waals surface area contributed by atoms with Crippen LogP contribution in [0.4, 0.5) is 0 Å². The summed E-state index contributed by atoms with van der Waals surface area (Å²) in [5.74, 6) is 10.8. The Morgan fingerprint density at radius 3 is 1.56 bits per heavy atom. The van der Waals surface area contributed by atoms with Crippen LogP contribution in [0.5, 0.6) is 0 Å². The first-order valence-corrected chi connectivity index (χ1v) is 15.3. The lowest BCUT2D eigenvalue weighted by Crippen LogP contribution is -2.49. The summed E-state index contributed by atoms with van der Waals surface area (Å²) in [6.45, 7) is 0. The van der Waals surface area contributed by atoms with Gasteiger partial charge in [0, 0.05) is 0 Å². The molecule has 2 heteroatoms. The molecular formula is C32H30OP+. The summed E-state index contributed by atoms with van der Waals surface area (Å²) in [4.78, 5) is 0. The van der Waals surface area contributed by atoms with Crippen LogP contribution >= 0.6 is 7.49 Å². The van der Waals surface area contributed by atoms with Crippen LogP contribution < -0.4 is 15.9 Å². The highest BCUT2D eigenvalue weighted by molar-refractivity contribution is 7.91. The summed E-state index contributed by atoms with van der Waals surface area (Å²) in [5.41, 5.74) is 0.140. The first-order valence-electron chi connectivity index (χ1n) is 13.6. The van der Waals surface area contributed by atoms with E-state index in [1.165, 1.54) is 22.3 Å². The van der Waals surface area contributed by atoms with Gasteiger partial charge in [0.05, 0.1) is 0 Å². The van der Waals surface area contributed by atoms with Crippen LogP contribution in [0.2, 0.25) is 0 Å². The normalized spacial score (nSPS) is 48.9. The Kier molecular flexibility index (Phi) is 3.08. The van der Waals surface area contributed by atoms with Gasteiger partial charge < -0.3 is 0 Å². The number of rotatable bonds is 5. The van der Waals surface area contributed by atoms with Crippen molar-refractivity contribution in [3.63, 3.8) is 0 Å². The van der Waals surface area contributed by atoms with E-state index in [2.05, 4.69) is 91.0 Å². The quantitative estimate of drug-likeness (QED) is 0.469. The lowest BCUT2D eigenvalue weighted by Gasteiger charge is -2.42. The van der Waals surface area contributed by atoms with Gasteiger partial charge in [0.15, 0.2) is 0 Å². The average molecular weight is 462 g/mol. The Labute approximate surface area is 202 Å². The first-order chi connectivity index (χ1) is 16.9. The topological polar surface area (TPSA) is 9.23 Å². The van der Waals surface area contributed by atoms with Gasteiger partial charge in [0.1, 0.15) is 21.5 Å². The molecule has 0 aromatic heterocycles. The van der Waals surface area contributed by atoms with Gasteiger partial charge in [0.2, 0.25) is 7.49 Å². The molecule has 12 atom stereocenters. The highest BCUT2D eigenvalue weighted by Gasteiger charge is 2.95. The third-order valence-corrected chi connectivity index (χ3v) is 16.0. The molecule has 0 heterocycles. The van der Waals surface area contributed by atoms with E-state index >= 15 is 0 Å². The van der Waals surface area contributed by atoms with Crippen molar-refractivity contribution in [2.45, 2.75) is 18.4 Å². The first kappa shape index (κ1) is 18.3. The molecule has 3 aromatic carbocycles. The minimum absolute atomic E-state index is 0.140. The van der Waals surface area contributed by atoms with E-state index in [1.54, 1.807) is 6.42 Å². The van der Waals surface area contributed by atoms with Crippen molar-refractivity contribution in [1.82, 2.24) is 0 Å². The van der Waals surface area contributed by atoms with Crippen LogP contribution in [-0.4, -0.2) is 5.60 Å². The second-order valence-corrected chi connectivity index (χ2v) is 15.5. The standard InChI is InChI=1S/C32H30OP/c1-4-10-18(11-5-1)34(19-12-6-2-7-13-19,20-14-8-3-9-15-20)33-32-24-17-23-26-25-21-16-22(28(25)31(23)32)30(32)27(21)29(24)26/h1-15,21-31H,16-17H2/q+1/t21-,22-,23+,24-,25-,26-,27+,28-,29-,30+,31+,32-/m1/s1. The van der Waals surface area contributed by atoms with Crippen LogP contribution in [0.15, 0.2) is 91.0 Å². The molecule has 0 aliphatic heterocycles. The second kappa shape index (κ2) is 5.71. The predicted octanol–water partition coefficient (Wildman–Crippen LogP) is 5.30. The fourth-order valence-corrected chi connectivity index (χ4v) is 16.3. The van der Waals surface area contributed by atoms with Crippen molar-refractivity contribution < 1.29 is 4.52 Å². The molecule has 8 aliphatic rings. The molecule has 3 aromatic rings. The van der Waals surface area contributed by atoms with Crippen molar-refractivity contribution in [3.8, 4) is 0 Å². The summed E-state index contributed by atoms with van der Waals surface area (Å²) >= 11 is 0. The van der Waals surface area contributed by atoms with Crippen LogP contribution in [0.25, 0.3) is 0 Å². The molecule has 0 radical (unpaired) electrons. The summed E-state index contributed by atoms with van der Waals surface area (Å²) in [5, 5.41) is 4.21. The largest absolute Gasteiger partial charge is 0.243 e. The minimum atomic E-state index is -2.25. The molecule has 8 saturated carbocycles. The molecule has 8 fully saturated rings.